The summed E-state index contributed by atoms with van der Waals surface area (Å²) in [6.45, 7) is 9.97. The van der Waals surface area contributed by atoms with Crippen LogP contribution in [-0.4, -0.2) is 18.4 Å². The van der Waals surface area contributed by atoms with E-state index in [2.05, 4.69) is 23.4 Å². The number of hydrogen-bond donors (Lipinski definition) is 0. The fourth-order valence-electron chi connectivity index (χ4n) is 1.49. The van der Waals surface area contributed by atoms with Gasteiger partial charge in [-0.15, -0.1) is 0 Å². The van der Waals surface area contributed by atoms with E-state index in [1.807, 2.05) is 26.8 Å². The Labute approximate surface area is 103 Å². The first kappa shape index (κ1) is 13.4. The molecular formula is C15H18FN. The van der Waals surface area contributed by atoms with Gasteiger partial charge >= 0.3 is 0 Å². The molecular weight excluding hydrogens is 213 g/mol. The highest BCUT2D eigenvalue weighted by molar-refractivity contribution is 5.79. The van der Waals surface area contributed by atoms with Crippen molar-refractivity contribution >= 4 is 5.71 Å². The summed E-state index contributed by atoms with van der Waals surface area (Å²) >= 11 is 0. The first-order valence-electron chi connectivity index (χ1n) is 5.69. The molecule has 2 heteroatoms. The van der Waals surface area contributed by atoms with Crippen LogP contribution in [0.25, 0.3) is 0 Å². The standard InChI is InChI=1S/C15H18FN/c1-11(2)14-10-13(7-8-15(14)16)6-5-9-17-12(3)4/h7,10,15H,1,8-9H2,2-4H3. The van der Waals surface area contributed by atoms with Crippen molar-refractivity contribution < 1.29 is 4.39 Å². The molecule has 17 heavy (non-hydrogen) atoms. The molecule has 0 heterocycles. The van der Waals surface area contributed by atoms with Crippen molar-refractivity contribution in [1.82, 2.24) is 0 Å². The topological polar surface area (TPSA) is 12.4 Å². The number of alkyl halides is 1. The van der Waals surface area contributed by atoms with Crippen LogP contribution in [0.5, 0.6) is 0 Å². The molecule has 0 saturated heterocycles. The minimum Gasteiger partial charge on any atom is -0.282 e. The van der Waals surface area contributed by atoms with Crippen molar-refractivity contribution in [3.05, 3.63) is 35.5 Å². The summed E-state index contributed by atoms with van der Waals surface area (Å²) in [6, 6.07) is 0. The third kappa shape index (κ3) is 4.40. The van der Waals surface area contributed by atoms with Gasteiger partial charge in [-0.2, -0.15) is 0 Å². The van der Waals surface area contributed by atoms with E-state index in [1.165, 1.54) is 0 Å². The lowest BCUT2D eigenvalue weighted by Crippen LogP contribution is -2.08. The van der Waals surface area contributed by atoms with E-state index < -0.39 is 6.17 Å². The summed E-state index contributed by atoms with van der Waals surface area (Å²) in [7, 11) is 0. The van der Waals surface area contributed by atoms with Gasteiger partial charge in [0.15, 0.2) is 0 Å². The molecule has 90 valence electrons. The number of nitrogens with zero attached hydrogens (tertiary/aromatic N) is 1. The highest BCUT2D eigenvalue weighted by Crippen LogP contribution is 2.25. The molecule has 0 radical (unpaired) electrons. The fourth-order valence-corrected chi connectivity index (χ4v) is 1.49. The van der Waals surface area contributed by atoms with Gasteiger partial charge in [0, 0.05) is 17.7 Å². The van der Waals surface area contributed by atoms with Crippen LogP contribution < -0.4 is 0 Å². The average molecular weight is 231 g/mol. The van der Waals surface area contributed by atoms with Gasteiger partial charge < -0.3 is 0 Å². The zero-order valence-corrected chi connectivity index (χ0v) is 10.7. The largest absolute Gasteiger partial charge is 0.282 e. The predicted molar refractivity (Wildman–Crippen MR) is 71.9 cm³/mol. The van der Waals surface area contributed by atoms with Gasteiger partial charge in [0.05, 0.1) is 6.54 Å². The summed E-state index contributed by atoms with van der Waals surface area (Å²) in [5.74, 6) is 5.96. The van der Waals surface area contributed by atoms with Crippen LogP contribution in [0.15, 0.2) is 40.4 Å². The van der Waals surface area contributed by atoms with Gasteiger partial charge in [0.2, 0.25) is 0 Å². The highest BCUT2D eigenvalue weighted by atomic mass is 19.1. The second kappa shape index (κ2) is 6.20. The Bertz CT molecular complexity index is 451. The number of rotatable bonds is 2. The molecule has 0 aromatic carbocycles. The van der Waals surface area contributed by atoms with Crippen LogP contribution in [0, 0.1) is 11.8 Å². The summed E-state index contributed by atoms with van der Waals surface area (Å²) in [6.07, 6.45) is 3.06. The Balaban J connectivity index is 2.74. The predicted octanol–water partition coefficient (Wildman–Crippen LogP) is 3.64. The van der Waals surface area contributed by atoms with Crippen molar-refractivity contribution in [3.63, 3.8) is 0 Å². The molecule has 0 saturated carbocycles. The van der Waals surface area contributed by atoms with Gasteiger partial charge in [-0.3, -0.25) is 4.99 Å². The molecule has 1 unspecified atom stereocenters. The maximum atomic E-state index is 13.5. The van der Waals surface area contributed by atoms with E-state index in [0.29, 0.717) is 18.5 Å². The third-order valence-corrected chi connectivity index (χ3v) is 2.39. The van der Waals surface area contributed by atoms with Gasteiger partial charge in [-0.05, 0) is 32.4 Å². The van der Waals surface area contributed by atoms with E-state index in [1.54, 1.807) is 6.08 Å². The fraction of sp³-hybridized carbons (Fsp3) is 0.400. The highest BCUT2D eigenvalue weighted by Gasteiger charge is 2.16. The van der Waals surface area contributed by atoms with Gasteiger partial charge in [0.25, 0.3) is 0 Å². The smallest absolute Gasteiger partial charge is 0.129 e. The van der Waals surface area contributed by atoms with E-state index in [4.69, 9.17) is 0 Å². The van der Waals surface area contributed by atoms with Gasteiger partial charge in [0.1, 0.15) is 6.17 Å². The Hall–Kier alpha value is -1.62. The molecule has 0 spiro atoms. The zero-order chi connectivity index (χ0) is 12.8. The van der Waals surface area contributed by atoms with E-state index in [9.17, 15) is 4.39 Å². The summed E-state index contributed by atoms with van der Waals surface area (Å²) in [5, 5.41) is 0. The second-order valence-electron chi connectivity index (χ2n) is 4.31. The molecule has 1 aliphatic carbocycles. The van der Waals surface area contributed by atoms with Crippen LogP contribution in [0.4, 0.5) is 4.39 Å². The summed E-state index contributed by atoms with van der Waals surface area (Å²) in [4.78, 5) is 4.18. The number of allylic oxidation sites excluding steroid dienone is 5. The first-order valence-corrected chi connectivity index (χ1v) is 5.69. The summed E-state index contributed by atoms with van der Waals surface area (Å²) < 4.78 is 13.5. The molecule has 0 aliphatic heterocycles. The second-order valence-corrected chi connectivity index (χ2v) is 4.31. The van der Waals surface area contributed by atoms with Crippen LogP contribution in [-0.2, 0) is 0 Å². The Kier molecular flexibility index (Phi) is 4.90. The van der Waals surface area contributed by atoms with Crippen molar-refractivity contribution in [3.8, 4) is 11.8 Å². The molecule has 1 nitrogen and oxygen atoms in total. The van der Waals surface area contributed by atoms with Crippen molar-refractivity contribution in [1.29, 1.82) is 0 Å². The van der Waals surface area contributed by atoms with Crippen LogP contribution >= 0.6 is 0 Å². The lowest BCUT2D eigenvalue weighted by molar-refractivity contribution is 0.385. The van der Waals surface area contributed by atoms with Crippen molar-refractivity contribution in [2.75, 3.05) is 6.54 Å². The monoisotopic (exact) mass is 231 g/mol. The molecule has 0 aromatic rings. The molecule has 1 atom stereocenters. The minimum absolute atomic E-state index is 0.388. The first-order chi connectivity index (χ1) is 8.00. The van der Waals surface area contributed by atoms with Crippen LogP contribution in [0.3, 0.4) is 0 Å². The minimum atomic E-state index is -0.936. The number of hydrogen-bond acceptors (Lipinski definition) is 1. The molecule has 0 bridgehead atoms. The van der Waals surface area contributed by atoms with Crippen molar-refractivity contribution in [2.45, 2.75) is 33.4 Å². The Morgan fingerprint density at radius 3 is 2.82 bits per heavy atom. The maximum Gasteiger partial charge on any atom is 0.129 e. The number of aliphatic imine (C=N–C) groups is 1. The molecule has 0 amide bonds. The maximum absolute atomic E-state index is 13.5. The van der Waals surface area contributed by atoms with Crippen LogP contribution in [0.1, 0.15) is 27.2 Å². The Morgan fingerprint density at radius 2 is 2.24 bits per heavy atom. The average Bonchev–Trinajstić information content (AvgIpc) is 2.25. The molecule has 0 aromatic heterocycles. The Morgan fingerprint density at radius 1 is 1.53 bits per heavy atom. The molecule has 0 N–H and O–H groups in total. The molecule has 0 fully saturated rings. The lowest BCUT2D eigenvalue weighted by Gasteiger charge is -2.15. The molecule has 1 aliphatic rings. The van der Waals surface area contributed by atoms with Crippen molar-refractivity contribution in [2.24, 2.45) is 4.99 Å². The van der Waals surface area contributed by atoms with E-state index in [0.717, 1.165) is 16.9 Å². The normalized spacial score (nSPS) is 18.5. The third-order valence-electron chi connectivity index (χ3n) is 2.39. The zero-order valence-electron chi connectivity index (χ0n) is 10.7. The van der Waals surface area contributed by atoms with Gasteiger partial charge in [-0.25, -0.2) is 4.39 Å². The SMILES string of the molecule is C=C(C)C1=CC(C#CCN=C(C)C)=CCC1F. The quantitative estimate of drug-likeness (QED) is 0.508. The van der Waals surface area contributed by atoms with Gasteiger partial charge in [-0.1, -0.05) is 30.1 Å². The van der Waals surface area contributed by atoms with E-state index >= 15 is 0 Å². The van der Waals surface area contributed by atoms with E-state index in [-0.39, 0.29) is 0 Å². The van der Waals surface area contributed by atoms with Crippen LogP contribution in [0.2, 0.25) is 0 Å². The lowest BCUT2D eigenvalue weighted by atomic mass is 9.94. The number of halogens is 1. The summed E-state index contributed by atoms with van der Waals surface area (Å²) in [5.41, 5.74) is 3.30. The molecule has 1 rings (SSSR count).